The van der Waals surface area contributed by atoms with Crippen LogP contribution in [0.2, 0.25) is 0 Å². The number of hydrogen-bond acceptors (Lipinski definition) is 4. The van der Waals surface area contributed by atoms with Crippen LogP contribution in [0.1, 0.15) is 18.4 Å². The Hall–Kier alpha value is -1.02. The van der Waals surface area contributed by atoms with E-state index in [2.05, 4.69) is 10.0 Å². The van der Waals surface area contributed by atoms with E-state index in [1.165, 1.54) is 25.1 Å². The molecule has 0 aromatic heterocycles. The number of rotatable bonds is 6. The van der Waals surface area contributed by atoms with Crippen LogP contribution in [0.3, 0.4) is 0 Å². The minimum absolute atomic E-state index is 0.00555. The van der Waals surface area contributed by atoms with Crippen molar-refractivity contribution >= 4 is 10.0 Å². The first-order valence-electron chi connectivity index (χ1n) is 7.35. The molecule has 1 aromatic rings. The van der Waals surface area contributed by atoms with Crippen LogP contribution in [0, 0.1) is 18.2 Å². The molecular weight excluding hydrogens is 307 g/mol. The van der Waals surface area contributed by atoms with Crippen molar-refractivity contribution in [3.63, 3.8) is 0 Å². The fourth-order valence-electron chi connectivity index (χ4n) is 2.84. The number of piperidine rings is 1. The number of sulfonamides is 1. The molecule has 1 aromatic carbocycles. The van der Waals surface area contributed by atoms with Gasteiger partial charge in [0.05, 0.1) is 11.5 Å². The van der Waals surface area contributed by atoms with Gasteiger partial charge in [0, 0.05) is 24.6 Å². The number of hydrogen-bond donors (Lipinski definition) is 2. The first-order chi connectivity index (χ1) is 10.4. The third-order valence-electron chi connectivity index (χ3n) is 4.26. The smallest absolute Gasteiger partial charge is 0.240 e. The summed E-state index contributed by atoms with van der Waals surface area (Å²) in [7, 11) is -2.12. The van der Waals surface area contributed by atoms with Crippen LogP contribution >= 0.6 is 0 Å². The summed E-state index contributed by atoms with van der Waals surface area (Å²) in [6.07, 6.45) is 1.68. The maximum atomic E-state index is 13.6. The second kappa shape index (κ2) is 7.04. The van der Waals surface area contributed by atoms with Gasteiger partial charge in [0.2, 0.25) is 10.0 Å². The largest absolute Gasteiger partial charge is 0.384 e. The molecule has 0 spiro atoms. The molecule has 0 aliphatic carbocycles. The van der Waals surface area contributed by atoms with Gasteiger partial charge < -0.3 is 10.1 Å². The van der Waals surface area contributed by atoms with Gasteiger partial charge >= 0.3 is 0 Å². The number of benzene rings is 1. The van der Waals surface area contributed by atoms with Gasteiger partial charge in [-0.2, -0.15) is 0 Å². The van der Waals surface area contributed by atoms with Crippen LogP contribution in [0.5, 0.6) is 0 Å². The molecule has 7 heteroatoms. The van der Waals surface area contributed by atoms with Gasteiger partial charge in [-0.15, -0.1) is 0 Å². The highest BCUT2D eigenvalue weighted by molar-refractivity contribution is 7.89. The topological polar surface area (TPSA) is 67.4 Å². The molecule has 0 atom stereocenters. The van der Waals surface area contributed by atoms with Crippen LogP contribution in [-0.4, -0.2) is 41.8 Å². The van der Waals surface area contributed by atoms with Crippen molar-refractivity contribution in [2.45, 2.75) is 24.7 Å². The van der Waals surface area contributed by atoms with E-state index in [-0.39, 0.29) is 15.9 Å². The molecule has 2 rings (SSSR count). The highest BCUT2D eigenvalue weighted by atomic mass is 32.2. The lowest BCUT2D eigenvalue weighted by atomic mass is 9.80. The molecule has 1 fully saturated rings. The predicted molar refractivity (Wildman–Crippen MR) is 82.7 cm³/mol. The molecule has 0 unspecified atom stereocenters. The second-order valence-electron chi connectivity index (χ2n) is 5.87. The van der Waals surface area contributed by atoms with Crippen LogP contribution in [0.4, 0.5) is 4.39 Å². The summed E-state index contributed by atoms with van der Waals surface area (Å²) in [5.74, 6) is -0.517. The summed E-state index contributed by atoms with van der Waals surface area (Å²) in [5, 5.41) is 3.26. The second-order valence-corrected chi connectivity index (χ2v) is 7.61. The Kier molecular flexibility index (Phi) is 5.55. The zero-order chi connectivity index (χ0) is 16.2. The van der Waals surface area contributed by atoms with Gasteiger partial charge in [0.15, 0.2) is 0 Å². The molecular formula is C15H23FN2O3S. The summed E-state index contributed by atoms with van der Waals surface area (Å²) < 4.78 is 46.4. The number of ether oxygens (including phenoxy) is 1. The molecule has 1 heterocycles. The lowest BCUT2D eigenvalue weighted by molar-refractivity contribution is 0.0577. The van der Waals surface area contributed by atoms with Gasteiger partial charge in [-0.3, -0.25) is 0 Å². The Morgan fingerprint density at radius 1 is 1.36 bits per heavy atom. The van der Waals surface area contributed by atoms with Crippen molar-refractivity contribution in [2.24, 2.45) is 5.41 Å². The Bertz CT molecular complexity index is 608. The van der Waals surface area contributed by atoms with Gasteiger partial charge in [-0.05, 0) is 45.0 Å². The Balaban J connectivity index is 2.16. The first kappa shape index (κ1) is 17.3. The molecule has 1 aliphatic heterocycles. The van der Waals surface area contributed by atoms with Gasteiger partial charge in [-0.1, -0.05) is 6.07 Å². The number of nitrogens with one attached hydrogen (secondary N) is 2. The van der Waals surface area contributed by atoms with Gasteiger partial charge in [0.1, 0.15) is 5.82 Å². The molecule has 0 radical (unpaired) electrons. The molecule has 0 amide bonds. The van der Waals surface area contributed by atoms with Gasteiger partial charge in [0.25, 0.3) is 0 Å². The molecule has 1 saturated heterocycles. The Morgan fingerprint density at radius 3 is 2.68 bits per heavy atom. The molecule has 0 saturated carbocycles. The Labute approximate surface area is 131 Å². The van der Waals surface area contributed by atoms with E-state index in [0.717, 1.165) is 25.9 Å². The lowest BCUT2D eigenvalue weighted by Crippen LogP contribution is -2.47. The summed E-state index contributed by atoms with van der Waals surface area (Å²) in [4.78, 5) is -0.00555. The first-order valence-corrected chi connectivity index (χ1v) is 8.83. The molecule has 5 nitrogen and oxygen atoms in total. The van der Waals surface area contributed by atoms with Crippen molar-refractivity contribution in [3.05, 3.63) is 29.6 Å². The minimum atomic E-state index is -3.74. The quantitative estimate of drug-likeness (QED) is 0.828. The van der Waals surface area contributed by atoms with Crippen molar-refractivity contribution in [2.75, 3.05) is 33.4 Å². The van der Waals surface area contributed by atoms with E-state index in [4.69, 9.17) is 4.74 Å². The fourth-order valence-corrected chi connectivity index (χ4v) is 4.25. The maximum absolute atomic E-state index is 13.6. The normalized spacial score (nSPS) is 18.3. The van der Waals surface area contributed by atoms with Crippen molar-refractivity contribution in [3.8, 4) is 0 Å². The predicted octanol–water partition coefficient (Wildman–Crippen LogP) is 1.43. The van der Waals surface area contributed by atoms with Crippen LogP contribution in [0.15, 0.2) is 23.1 Å². The Morgan fingerprint density at radius 2 is 2.05 bits per heavy atom. The summed E-state index contributed by atoms with van der Waals surface area (Å²) in [6, 6.07) is 4.09. The highest BCUT2D eigenvalue weighted by Gasteiger charge is 2.34. The third-order valence-corrected chi connectivity index (χ3v) is 5.81. The summed E-state index contributed by atoms with van der Waals surface area (Å²) in [5.41, 5.74) is -0.0741. The van der Waals surface area contributed by atoms with E-state index in [1.54, 1.807) is 7.11 Å². The average Bonchev–Trinajstić information content (AvgIpc) is 2.49. The molecule has 124 valence electrons. The lowest BCUT2D eigenvalue weighted by Gasteiger charge is -2.37. The van der Waals surface area contributed by atoms with E-state index in [0.29, 0.717) is 13.2 Å². The zero-order valence-electron chi connectivity index (χ0n) is 13.0. The third kappa shape index (κ3) is 3.84. The maximum Gasteiger partial charge on any atom is 0.240 e. The van der Waals surface area contributed by atoms with Crippen molar-refractivity contribution in [1.29, 1.82) is 0 Å². The number of methoxy groups -OCH3 is 1. The van der Waals surface area contributed by atoms with Crippen LogP contribution in [-0.2, 0) is 14.8 Å². The average molecular weight is 330 g/mol. The highest BCUT2D eigenvalue weighted by Crippen LogP contribution is 2.29. The minimum Gasteiger partial charge on any atom is -0.384 e. The summed E-state index contributed by atoms with van der Waals surface area (Å²) in [6.45, 7) is 3.94. The SMILES string of the molecule is COCC1(CNS(=O)(=O)c2cccc(F)c2C)CCNCC1. The van der Waals surface area contributed by atoms with Crippen molar-refractivity contribution < 1.29 is 17.5 Å². The summed E-state index contributed by atoms with van der Waals surface area (Å²) >= 11 is 0. The molecule has 0 bridgehead atoms. The standard InChI is InChI=1S/C15H23FN2O3S/c1-12-13(16)4-3-5-14(12)22(19,20)18-10-15(11-21-2)6-8-17-9-7-15/h3-5,17-18H,6-11H2,1-2H3. The van der Waals surface area contributed by atoms with Gasteiger partial charge in [-0.25, -0.2) is 17.5 Å². The molecule has 2 N–H and O–H groups in total. The van der Waals surface area contributed by atoms with E-state index < -0.39 is 15.8 Å². The number of halogens is 1. The molecule has 22 heavy (non-hydrogen) atoms. The zero-order valence-corrected chi connectivity index (χ0v) is 13.8. The van der Waals surface area contributed by atoms with E-state index >= 15 is 0 Å². The van der Waals surface area contributed by atoms with E-state index in [9.17, 15) is 12.8 Å². The fraction of sp³-hybridized carbons (Fsp3) is 0.600. The molecule has 1 aliphatic rings. The van der Waals surface area contributed by atoms with Crippen molar-refractivity contribution in [1.82, 2.24) is 10.0 Å². The van der Waals surface area contributed by atoms with Crippen LogP contribution < -0.4 is 10.0 Å². The van der Waals surface area contributed by atoms with E-state index in [1.807, 2.05) is 0 Å². The van der Waals surface area contributed by atoms with Crippen LogP contribution in [0.25, 0.3) is 0 Å². The monoisotopic (exact) mass is 330 g/mol.